The van der Waals surface area contributed by atoms with Crippen LogP contribution in [0.5, 0.6) is 0 Å². The summed E-state index contributed by atoms with van der Waals surface area (Å²) >= 11 is 0. The maximum atomic E-state index is 13.1. The fraction of sp³-hybridized carbons (Fsp3) is 0.533. The van der Waals surface area contributed by atoms with Gasteiger partial charge in [0.05, 0.1) is 0 Å². The van der Waals surface area contributed by atoms with Gasteiger partial charge in [-0.05, 0) is 30.5 Å². The molecule has 1 aliphatic rings. The number of hydrogen-bond acceptors (Lipinski definition) is 2. The standard InChI is InChI=1S/C15H21FN2O/c1-12(15(19)18-9-7-17-8-10-18)5-6-13-3-2-4-14(16)11-13/h2-4,11-12,17H,5-10H2,1H3. The molecule has 104 valence electrons. The van der Waals surface area contributed by atoms with E-state index in [2.05, 4.69) is 5.32 Å². The van der Waals surface area contributed by atoms with Crippen LogP contribution in [-0.2, 0) is 11.2 Å². The van der Waals surface area contributed by atoms with Crippen molar-refractivity contribution in [2.75, 3.05) is 26.2 Å². The van der Waals surface area contributed by atoms with Gasteiger partial charge < -0.3 is 10.2 Å². The van der Waals surface area contributed by atoms with Gasteiger partial charge in [-0.2, -0.15) is 0 Å². The average molecular weight is 264 g/mol. The van der Waals surface area contributed by atoms with Crippen molar-refractivity contribution in [1.29, 1.82) is 0 Å². The van der Waals surface area contributed by atoms with Crippen molar-refractivity contribution in [3.8, 4) is 0 Å². The number of carbonyl (C=O) groups excluding carboxylic acids is 1. The summed E-state index contributed by atoms with van der Waals surface area (Å²) in [6, 6.07) is 6.61. The number of halogens is 1. The van der Waals surface area contributed by atoms with Crippen LogP contribution in [0.1, 0.15) is 18.9 Å². The second-order valence-electron chi connectivity index (χ2n) is 5.14. The Labute approximate surface area is 113 Å². The van der Waals surface area contributed by atoms with E-state index >= 15 is 0 Å². The average Bonchev–Trinajstić information content (AvgIpc) is 2.45. The molecule has 1 amide bonds. The van der Waals surface area contributed by atoms with Crippen LogP contribution in [0.3, 0.4) is 0 Å². The molecule has 0 spiro atoms. The summed E-state index contributed by atoms with van der Waals surface area (Å²) in [5.74, 6) is 0.0119. The highest BCUT2D eigenvalue weighted by Gasteiger charge is 2.21. The molecule has 1 saturated heterocycles. The van der Waals surface area contributed by atoms with Crippen molar-refractivity contribution in [3.63, 3.8) is 0 Å². The third kappa shape index (κ3) is 4.03. The lowest BCUT2D eigenvalue weighted by molar-refractivity contribution is -0.135. The SMILES string of the molecule is CC(CCc1cccc(F)c1)C(=O)N1CCNCC1. The molecular formula is C15H21FN2O. The van der Waals surface area contributed by atoms with Gasteiger partial charge in [-0.3, -0.25) is 4.79 Å². The van der Waals surface area contributed by atoms with Gasteiger partial charge in [-0.15, -0.1) is 0 Å². The lowest BCUT2D eigenvalue weighted by Crippen LogP contribution is -2.48. The Balaban J connectivity index is 1.83. The second-order valence-corrected chi connectivity index (χ2v) is 5.14. The zero-order chi connectivity index (χ0) is 13.7. The summed E-state index contributed by atoms with van der Waals surface area (Å²) in [4.78, 5) is 14.1. The molecule has 3 nitrogen and oxygen atoms in total. The zero-order valence-corrected chi connectivity index (χ0v) is 11.4. The first-order valence-electron chi connectivity index (χ1n) is 6.91. The number of benzene rings is 1. The largest absolute Gasteiger partial charge is 0.340 e. The number of rotatable bonds is 4. The van der Waals surface area contributed by atoms with E-state index in [1.165, 1.54) is 6.07 Å². The molecule has 0 aliphatic carbocycles. The van der Waals surface area contributed by atoms with Gasteiger partial charge in [0.25, 0.3) is 0 Å². The monoisotopic (exact) mass is 264 g/mol. The van der Waals surface area contributed by atoms with Gasteiger partial charge in [0.1, 0.15) is 5.82 Å². The molecule has 1 fully saturated rings. The molecule has 0 aromatic heterocycles. The predicted octanol–water partition coefficient (Wildman–Crippen LogP) is 1.83. The van der Waals surface area contributed by atoms with E-state index in [4.69, 9.17) is 0 Å². The highest BCUT2D eigenvalue weighted by molar-refractivity contribution is 5.78. The molecule has 1 unspecified atom stereocenters. The summed E-state index contributed by atoms with van der Waals surface area (Å²) < 4.78 is 13.1. The third-order valence-corrected chi connectivity index (χ3v) is 3.61. The van der Waals surface area contributed by atoms with Crippen LogP contribution in [0.25, 0.3) is 0 Å². The van der Waals surface area contributed by atoms with Crippen molar-refractivity contribution in [2.24, 2.45) is 5.92 Å². The molecule has 0 bridgehead atoms. The van der Waals surface area contributed by atoms with Crippen LogP contribution in [0, 0.1) is 11.7 Å². The number of nitrogens with one attached hydrogen (secondary N) is 1. The Hall–Kier alpha value is -1.42. The van der Waals surface area contributed by atoms with E-state index in [0.29, 0.717) is 0 Å². The molecule has 1 atom stereocenters. The van der Waals surface area contributed by atoms with Crippen molar-refractivity contribution in [2.45, 2.75) is 19.8 Å². The van der Waals surface area contributed by atoms with Crippen LogP contribution in [-0.4, -0.2) is 37.0 Å². The quantitative estimate of drug-likeness (QED) is 0.900. The molecule has 1 N–H and O–H groups in total. The Kier molecular flexibility index (Phi) is 4.91. The number of amides is 1. The third-order valence-electron chi connectivity index (χ3n) is 3.61. The van der Waals surface area contributed by atoms with E-state index in [1.54, 1.807) is 12.1 Å². The van der Waals surface area contributed by atoms with Crippen LogP contribution < -0.4 is 5.32 Å². The highest BCUT2D eigenvalue weighted by atomic mass is 19.1. The first kappa shape index (κ1) is 14.0. The molecule has 19 heavy (non-hydrogen) atoms. The Morgan fingerprint density at radius 2 is 2.16 bits per heavy atom. The summed E-state index contributed by atoms with van der Waals surface area (Å²) in [6.07, 6.45) is 1.52. The van der Waals surface area contributed by atoms with E-state index in [9.17, 15) is 9.18 Å². The lowest BCUT2D eigenvalue weighted by Gasteiger charge is -2.29. The smallest absolute Gasteiger partial charge is 0.225 e. The van der Waals surface area contributed by atoms with Crippen LogP contribution in [0.2, 0.25) is 0 Å². The number of aryl methyl sites for hydroxylation is 1. The van der Waals surface area contributed by atoms with Gasteiger partial charge >= 0.3 is 0 Å². The van der Waals surface area contributed by atoms with E-state index in [0.717, 1.165) is 44.6 Å². The normalized spacial score (nSPS) is 17.3. The number of carbonyl (C=O) groups is 1. The molecule has 0 saturated carbocycles. The zero-order valence-electron chi connectivity index (χ0n) is 11.4. The second kappa shape index (κ2) is 6.66. The highest BCUT2D eigenvalue weighted by Crippen LogP contribution is 2.13. The fourth-order valence-electron chi connectivity index (χ4n) is 2.40. The van der Waals surface area contributed by atoms with E-state index < -0.39 is 0 Å². The molecule has 1 aliphatic heterocycles. The van der Waals surface area contributed by atoms with Crippen molar-refractivity contribution in [3.05, 3.63) is 35.6 Å². The Bertz CT molecular complexity index is 430. The van der Waals surface area contributed by atoms with Gasteiger partial charge in [0, 0.05) is 32.1 Å². The number of hydrogen-bond donors (Lipinski definition) is 1. The van der Waals surface area contributed by atoms with E-state index in [1.807, 2.05) is 17.9 Å². The van der Waals surface area contributed by atoms with Gasteiger partial charge in [-0.25, -0.2) is 4.39 Å². The van der Waals surface area contributed by atoms with Gasteiger partial charge in [0.15, 0.2) is 0 Å². The lowest BCUT2D eigenvalue weighted by atomic mass is 9.99. The van der Waals surface area contributed by atoms with Crippen LogP contribution in [0.15, 0.2) is 24.3 Å². The number of piperazine rings is 1. The van der Waals surface area contributed by atoms with Gasteiger partial charge in [0.2, 0.25) is 5.91 Å². The molecule has 2 rings (SSSR count). The Morgan fingerprint density at radius 1 is 1.42 bits per heavy atom. The minimum absolute atomic E-state index is 0.00127. The molecule has 1 aromatic rings. The summed E-state index contributed by atoms with van der Waals surface area (Å²) in [6.45, 7) is 5.31. The maximum Gasteiger partial charge on any atom is 0.225 e. The first-order valence-corrected chi connectivity index (χ1v) is 6.91. The topological polar surface area (TPSA) is 32.3 Å². The molecule has 0 radical (unpaired) electrons. The Morgan fingerprint density at radius 3 is 2.84 bits per heavy atom. The fourth-order valence-corrected chi connectivity index (χ4v) is 2.40. The minimum Gasteiger partial charge on any atom is -0.340 e. The predicted molar refractivity (Wildman–Crippen MR) is 73.3 cm³/mol. The van der Waals surface area contributed by atoms with Crippen molar-refractivity contribution >= 4 is 5.91 Å². The van der Waals surface area contributed by atoms with Crippen LogP contribution in [0.4, 0.5) is 4.39 Å². The molecule has 1 aromatic carbocycles. The summed E-state index contributed by atoms with van der Waals surface area (Å²) in [5, 5.41) is 3.24. The van der Waals surface area contributed by atoms with Crippen molar-refractivity contribution in [1.82, 2.24) is 10.2 Å². The van der Waals surface area contributed by atoms with Crippen molar-refractivity contribution < 1.29 is 9.18 Å². The van der Waals surface area contributed by atoms with Gasteiger partial charge in [-0.1, -0.05) is 19.1 Å². The summed E-state index contributed by atoms with van der Waals surface area (Å²) in [5.41, 5.74) is 0.958. The molecule has 1 heterocycles. The minimum atomic E-state index is -0.210. The number of nitrogens with zero attached hydrogens (tertiary/aromatic N) is 1. The van der Waals surface area contributed by atoms with Crippen LogP contribution >= 0.6 is 0 Å². The molecular weight excluding hydrogens is 243 g/mol. The summed E-state index contributed by atoms with van der Waals surface area (Å²) in [7, 11) is 0. The first-order chi connectivity index (χ1) is 9.16. The van der Waals surface area contributed by atoms with E-state index in [-0.39, 0.29) is 17.6 Å². The molecule has 4 heteroatoms. The maximum absolute atomic E-state index is 13.1.